The highest BCUT2D eigenvalue weighted by atomic mass is 15.3. The van der Waals surface area contributed by atoms with Crippen LogP contribution in [0, 0.1) is 0 Å². The van der Waals surface area contributed by atoms with E-state index in [1.54, 1.807) is 0 Å². The van der Waals surface area contributed by atoms with Gasteiger partial charge in [-0.15, -0.1) is 0 Å². The summed E-state index contributed by atoms with van der Waals surface area (Å²) in [5.41, 5.74) is 8.06. The summed E-state index contributed by atoms with van der Waals surface area (Å²) in [5.74, 6) is 0.641. The molecule has 66 valence electrons. The van der Waals surface area contributed by atoms with E-state index in [1.807, 2.05) is 0 Å². The molecule has 1 aliphatic rings. The maximum absolute atomic E-state index is 5.71. The van der Waals surface area contributed by atoms with E-state index >= 15 is 0 Å². The Morgan fingerprint density at radius 3 is 2.83 bits per heavy atom. The second-order valence-electron chi connectivity index (χ2n) is 3.88. The molecule has 0 saturated carbocycles. The topological polar surface area (TPSA) is 57.9 Å². The second kappa shape index (κ2) is 2.01. The molecular formula is C8H14N4. The lowest BCUT2D eigenvalue weighted by Crippen LogP contribution is -2.32. The van der Waals surface area contributed by atoms with Crippen molar-refractivity contribution < 1.29 is 0 Å². The van der Waals surface area contributed by atoms with E-state index in [9.17, 15) is 0 Å². The highest BCUT2D eigenvalue weighted by molar-refractivity contribution is 5.47. The van der Waals surface area contributed by atoms with Gasteiger partial charge in [0, 0.05) is 12.1 Å². The molecule has 12 heavy (non-hydrogen) atoms. The largest absolute Gasteiger partial charge is 0.382 e. The van der Waals surface area contributed by atoms with Crippen LogP contribution in [0.15, 0.2) is 0 Å². The summed E-state index contributed by atoms with van der Waals surface area (Å²) in [5, 5.41) is 6.98. The van der Waals surface area contributed by atoms with E-state index in [2.05, 4.69) is 36.0 Å². The Labute approximate surface area is 71.7 Å². The number of anilines is 1. The Morgan fingerprint density at radius 2 is 2.25 bits per heavy atom. The van der Waals surface area contributed by atoms with Crippen LogP contribution >= 0.6 is 0 Å². The fourth-order valence-corrected chi connectivity index (χ4v) is 1.67. The number of fused-ring (bicyclic) bond motifs is 1. The first-order valence-corrected chi connectivity index (χ1v) is 4.08. The maximum Gasteiger partial charge on any atom is 0.150 e. The Kier molecular flexibility index (Phi) is 1.28. The molecule has 4 nitrogen and oxygen atoms in total. The number of nitrogens with zero attached hydrogens (tertiary/aromatic N) is 2. The van der Waals surface area contributed by atoms with Gasteiger partial charge in [0.1, 0.15) is 5.82 Å². The number of hydrogen-bond acceptors (Lipinski definition) is 3. The van der Waals surface area contributed by atoms with Crippen LogP contribution in [-0.2, 0) is 12.1 Å². The summed E-state index contributed by atoms with van der Waals surface area (Å²) >= 11 is 0. The van der Waals surface area contributed by atoms with Gasteiger partial charge >= 0.3 is 0 Å². The zero-order valence-electron chi connectivity index (χ0n) is 7.68. The number of aromatic nitrogens is 2. The van der Waals surface area contributed by atoms with Crippen molar-refractivity contribution in [1.29, 1.82) is 0 Å². The highest BCUT2D eigenvalue weighted by Crippen LogP contribution is 2.37. The van der Waals surface area contributed by atoms with E-state index in [1.165, 1.54) is 0 Å². The minimum atomic E-state index is 0.0416. The van der Waals surface area contributed by atoms with Crippen molar-refractivity contribution in [3.05, 3.63) is 11.3 Å². The Bertz CT molecular complexity index is 313. The number of nitrogens with one attached hydrogen (secondary N) is 1. The van der Waals surface area contributed by atoms with Crippen LogP contribution in [-0.4, -0.2) is 22.1 Å². The highest BCUT2D eigenvalue weighted by Gasteiger charge is 2.37. The van der Waals surface area contributed by atoms with E-state index in [0.717, 1.165) is 17.8 Å². The van der Waals surface area contributed by atoms with Crippen LogP contribution in [0.5, 0.6) is 0 Å². The zero-order valence-corrected chi connectivity index (χ0v) is 7.68. The van der Waals surface area contributed by atoms with Gasteiger partial charge in [0.15, 0.2) is 0 Å². The number of aromatic amines is 1. The van der Waals surface area contributed by atoms with Gasteiger partial charge in [0.25, 0.3) is 0 Å². The molecule has 1 aromatic rings. The molecule has 0 unspecified atom stereocenters. The summed E-state index contributed by atoms with van der Waals surface area (Å²) < 4.78 is 0. The van der Waals surface area contributed by atoms with E-state index < -0.39 is 0 Å². The summed E-state index contributed by atoms with van der Waals surface area (Å²) in [6, 6.07) is 0. The van der Waals surface area contributed by atoms with Crippen molar-refractivity contribution in [2.24, 2.45) is 0 Å². The molecule has 0 bridgehead atoms. The third-order valence-corrected chi connectivity index (χ3v) is 2.86. The number of rotatable bonds is 0. The number of H-pyrrole nitrogens is 1. The van der Waals surface area contributed by atoms with Crippen molar-refractivity contribution in [3.63, 3.8) is 0 Å². The van der Waals surface area contributed by atoms with Crippen LogP contribution in [0.2, 0.25) is 0 Å². The van der Waals surface area contributed by atoms with Crippen molar-refractivity contribution in [2.75, 3.05) is 12.8 Å². The predicted molar refractivity (Wildman–Crippen MR) is 47.5 cm³/mol. The zero-order chi connectivity index (χ0) is 8.93. The Balaban J connectivity index is 2.56. The lowest BCUT2D eigenvalue weighted by molar-refractivity contribution is 0.173. The lowest BCUT2D eigenvalue weighted by Gasteiger charge is -2.27. The quantitative estimate of drug-likeness (QED) is 0.595. The molecule has 3 N–H and O–H groups in total. The smallest absolute Gasteiger partial charge is 0.150 e. The van der Waals surface area contributed by atoms with Crippen LogP contribution in [0.3, 0.4) is 0 Å². The van der Waals surface area contributed by atoms with Gasteiger partial charge in [-0.05, 0) is 20.9 Å². The first-order valence-electron chi connectivity index (χ1n) is 4.08. The van der Waals surface area contributed by atoms with Gasteiger partial charge < -0.3 is 5.73 Å². The standard InChI is InChI=1S/C8H14N4/c1-8(2)6-5(4-12(8)3)7(9)11-10-6/h4H2,1-3H3,(H3,9,10,11). The van der Waals surface area contributed by atoms with E-state index in [4.69, 9.17) is 5.73 Å². The van der Waals surface area contributed by atoms with Gasteiger partial charge in [0.2, 0.25) is 0 Å². The van der Waals surface area contributed by atoms with Gasteiger partial charge in [-0.25, -0.2) is 0 Å². The first kappa shape index (κ1) is 7.61. The number of nitrogen functional groups attached to an aromatic ring is 1. The van der Waals surface area contributed by atoms with Crippen LogP contribution in [0.1, 0.15) is 25.1 Å². The van der Waals surface area contributed by atoms with Crippen LogP contribution in [0.25, 0.3) is 0 Å². The third-order valence-electron chi connectivity index (χ3n) is 2.86. The third kappa shape index (κ3) is 0.728. The average Bonchev–Trinajstić information content (AvgIpc) is 2.41. The van der Waals surface area contributed by atoms with Crippen LogP contribution < -0.4 is 5.73 Å². The van der Waals surface area contributed by atoms with Gasteiger partial charge in [0.05, 0.1) is 11.2 Å². The molecule has 1 aromatic heterocycles. The molecule has 1 aliphatic heterocycles. The Hall–Kier alpha value is -1.03. The SMILES string of the molecule is CN1Cc2c(N)n[nH]c2C1(C)C. The molecule has 0 aliphatic carbocycles. The molecule has 0 radical (unpaired) electrons. The molecule has 0 spiro atoms. The van der Waals surface area contributed by atoms with Gasteiger partial charge in [-0.1, -0.05) is 0 Å². The van der Waals surface area contributed by atoms with Crippen molar-refractivity contribution in [2.45, 2.75) is 25.9 Å². The maximum atomic E-state index is 5.71. The van der Waals surface area contributed by atoms with Crippen LogP contribution in [0.4, 0.5) is 5.82 Å². The minimum Gasteiger partial charge on any atom is -0.382 e. The first-order chi connectivity index (χ1) is 5.53. The fourth-order valence-electron chi connectivity index (χ4n) is 1.67. The molecule has 0 aromatic carbocycles. The molecule has 2 heterocycles. The number of hydrogen-bond donors (Lipinski definition) is 2. The summed E-state index contributed by atoms with van der Waals surface area (Å²) in [7, 11) is 2.09. The molecule has 0 fully saturated rings. The lowest BCUT2D eigenvalue weighted by atomic mass is 10.0. The Morgan fingerprint density at radius 1 is 1.58 bits per heavy atom. The van der Waals surface area contributed by atoms with E-state index in [-0.39, 0.29) is 5.54 Å². The minimum absolute atomic E-state index is 0.0416. The van der Waals surface area contributed by atoms with Crippen molar-refractivity contribution in [3.8, 4) is 0 Å². The monoisotopic (exact) mass is 166 g/mol. The molecular weight excluding hydrogens is 152 g/mol. The molecule has 4 heteroatoms. The van der Waals surface area contributed by atoms with Gasteiger partial charge in [-0.3, -0.25) is 10.00 Å². The van der Waals surface area contributed by atoms with Crippen molar-refractivity contribution >= 4 is 5.82 Å². The van der Waals surface area contributed by atoms with E-state index in [0.29, 0.717) is 5.82 Å². The fraction of sp³-hybridized carbons (Fsp3) is 0.625. The summed E-state index contributed by atoms with van der Waals surface area (Å²) in [6.45, 7) is 5.22. The van der Waals surface area contributed by atoms with Gasteiger partial charge in [-0.2, -0.15) is 5.10 Å². The van der Waals surface area contributed by atoms with Crippen molar-refractivity contribution in [1.82, 2.24) is 15.1 Å². The normalized spacial score (nSPS) is 21.2. The molecule has 0 amide bonds. The average molecular weight is 166 g/mol. The second-order valence-corrected chi connectivity index (χ2v) is 3.88. The summed E-state index contributed by atoms with van der Waals surface area (Å²) in [4.78, 5) is 2.26. The predicted octanol–water partition coefficient (Wildman–Crippen LogP) is 0.672. The summed E-state index contributed by atoms with van der Waals surface area (Å²) in [6.07, 6.45) is 0. The molecule has 2 rings (SSSR count). The molecule has 0 saturated heterocycles. The number of nitrogens with two attached hydrogens (primary N) is 1. The molecule has 0 atom stereocenters.